The van der Waals surface area contributed by atoms with E-state index in [4.69, 9.17) is 10.8 Å². The van der Waals surface area contributed by atoms with Gasteiger partial charge in [-0.15, -0.1) is 0 Å². The average molecular weight is 267 g/mol. The van der Waals surface area contributed by atoms with Crippen LogP contribution in [0.2, 0.25) is 0 Å². The zero-order chi connectivity index (χ0) is 13.8. The molecule has 3 heterocycles. The Kier molecular flexibility index (Phi) is 3.69. The molecule has 2 N–H and O–H groups in total. The van der Waals surface area contributed by atoms with Crippen LogP contribution in [0, 0.1) is 0 Å². The minimum atomic E-state index is 0.720. The molecule has 3 rings (SSSR count). The average Bonchev–Trinajstić information content (AvgIpc) is 2.88. The number of rotatable bonds is 5. The summed E-state index contributed by atoms with van der Waals surface area (Å²) in [7, 11) is 0. The maximum atomic E-state index is 5.55. The summed E-state index contributed by atoms with van der Waals surface area (Å²) in [6.45, 7) is 1.60. The highest BCUT2D eigenvalue weighted by Crippen LogP contribution is 2.26. The Bertz CT molecular complexity index is 690. The molecule has 102 valence electrons. The molecule has 0 saturated carbocycles. The van der Waals surface area contributed by atoms with Crippen LogP contribution in [0.15, 0.2) is 43.0 Å². The summed E-state index contributed by atoms with van der Waals surface area (Å²) in [5.41, 5.74) is 8.70. The lowest BCUT2D eigenvalue weighted by atomic mass is 10.1. The molecule has 3 aromatic rings. The van der Waals surface area contributed by atoms with Gasteiger partial charge in [0.1, 0.15) is 5.69 Å². The molecule has 0 fully saturated rings. The fourth-order valence-corrected chi connectivity index (χ4v) is 2.32. The Morgan fingerprint density at radius 3 is 2.60 bits per heavy atom. The molecule has 0 unspecified atom stereocenters. The highest BCUT2D eigenvalue weighted by Gasteiger charge is 2.11. The van der Waals surface area contributed by atoms with Crippen LogP contribution in [-0.4, -0.2) is 26.3 Å². The first-order chi connectivity index (χ1) is 9.90. The van der Waals surface area contributed by atoms with Crippen molar-refractivity contribution in [2.75, 3.05) is 6.54 Å². The fourth-order valence-electron chi connectivity index (χ4n) is 2.32. The lowest BCUT2D eigenvalue weighted by Gasteiger charge is -2.01. The van der Waals surface area contributed by atoms with E-state index >= 15 is 0 Å². The summed E-state index contributed by atoms with van der Waals surface area (Å²) in [5, 5.41) is 5.81. The molecule has 0 aliphatic rings. The summed E-state index contributed by atoms with van der Waals surface area (Å²) in [6, 6.07) is 5.95. The molecular weight excluding hydrogens is 250 g/mol. The third-order valence-electron chi connectivity index (χ3n) is 3.33. The third-order valence-corrected chi connectivity index (χ3v) is 3.33. The summed E-state index contributed by atoms with van der Waals surface area (Å²) in [5.74, 6) is 0. The Morgan fingerprint density at radius 2 is 1.80 bits per heavy atom. The Morgan fingerprint density at radius 1 is 1.00 bits per heavy atom. The molecule has 0 saturated heterocycles. The summed E-state index contributed by atoms with van der Waals surface area (Å²) in [4.78, 5) is 8.27. The molecular formula is C15H17N5. The van der Waals surface area contributed by atoms with Gasteiger partial charge in [-0.1, -0.05) is 0 Å². The zero-order valence-corrected chi connectivity index (χ0v) is 11.2. The number of hydrogen-bond acceptors (Lipinski definition) is 4. The maximum Gasteiger partial charge on any atom is 0.102 e. The van der Waals surface area contributed by atoms with Crippen LogP contribution in [0.4, 0.5) is 0 Å². The van der Waals surface area contributed by atoms with Crippen molar-refractivity contribution in [3.8, 4) is 11.3 Å². The van der Waals surface area contributed by atoms with Gasteiger partial charge in [-0.2, -0.15) is 5.10 Å². The molecule has 0 aliphatic heterocycles. The van der Waals surface area contributed by atoms with Crippen molar-refractivity contribution in [1.82, 2.24) is 19.7 Å². The van der Waals surface area contributed by atoms with E-state index in [0.717, 1.165) is 48.1 Å². The fraction of sp³-hybridized carbons (Fsp3) is 0.267. The SMILES string of the molecule is NCCCCn1nc(-c2ccncc2)c2cnccc21. The van der Waals surface area contributed by atoms with Crippen molar-refractivity contribution >= 4 is 10.9 Å². The van der Waals surface area contributed by atoms with E-state index in [1.54, 1.807) is 18.6 Å². The predicted molar refractivity (Wildman–Crippen MR) is 79.0 cm³/mol. The van der Waals surface area contributed by atoms with E-state index in [1.165, 1.54) is 0 Å². The van der Waals surface area contributed by atoms with E-state index in [-0.39, 0.29) is 0 Å². The smallest absolute Gasteiger partial charge is 0.102 e. The molecule has 0 spiro atoms. The molecule has 0 aromatic carbocycles. The summed E-state index contributed by atoms with van der Waals surface area (Å²) < 4.78 is 2.04. The maximum absolute atomic E-state index is 5.55. The summed E-state index contributed by atoms with van der Waals surface area (Å²) in [6.07, 6.45) is 9.29. The van der Waals surface area contributed by atoms with Gasteiger partial charge in [0, 0.05) is 42.3 Å². The number of fused-ring (bicyclic) bond motifs is 1. The van der Waals surface area contributed by atoms with Gasteiger partial charge in [-0.25, -0.2) is 0 Å². The number of aromatic nitrogens is 4. The molecule has 5 nitrogen and oxygen atoms in total. The molecule has 0 amide bonds. The van der Waals surface area contributed by atoms with Crippen LogP contribution in [-0.2, 0) is 6.54 Å². The molecule has 0 radical (unpaired) electrons. The number of hydrogen-bond donors (Lipinski definition) is 1. The van der Waals surface area contributed by atoms with Crippen LogP contribution in [0.5, 0.6) is 0 Å². The topological polar surface area (TPSA) is 69.6 Å². The van der Waals surface area contributed by atoms with Gasteiger partial charge < -0.3 is 5.73 Å². The normalized spacial score (nSPS) is 11.1. The first-order valence-electron chi connectivity index (χ1n) is 6.81. The third kappa shape index (κ3) is 2.40. The van der Waals surface area contributed by atoms with Gasteiger partial charge in [0.15, 0.2) is 0 Å². The van der Waals surface area contributed by atoms with Crippen molar-refractivity contribution in [2.24, 2.45) is 5.73 Å². The number of aryl methyl sites for hydroxylation is 1. The van der Waals surface area contributed by atoms with Crippen LogP contribution in [0.1, 0.15) is 12.8 Å². The highest BCUT2D eigenvalue weighted by atomic mass is 15.3. The van der Waals surface area contributed by atoms with Crippen molar-refractivity contribution in [3.05, 3.63) is 43.0 Å². The first kappa shape index (κ1) is 12.7. The highest BCUT2D eigenvalue weighted by molar-refractivity contribution is 5.92. The van der Waals surface area contributed by atoms with Crippen LogP contribution >= 0.6 is 0 Å². The Labute approximate surface area is 117 Å². The lowest BCUT2D eigenvalue weighted by molar-refractivity contribution is 0.578. The second kappa shape index (κ2) is 5.79. The van der Waals surface area contributed by atoms with Gasteiger partial charge in [0.05, 0.1) is 5.52 Å². The Balaban J connectivity index is 2.05. The first-order valence-corrected chi connectivity index (χ1v) is 6.81. The van der Waals surface area contributed by atoms with Crippen molar-refractivity contribution in [3.63, 3.8) is 0 Å². The quantitative estimate of drug-likeness (QED) is 0.720. The van der Waals surface area contributed by atoms with Crippen LogP contribution in [0.25, 0.3) is 22.2 Å². The number of nitrogens with two attached hydrogens (primary N) is 1. The standard InChI is InChI=1S/C15H17N5/c16-6-1-2-10-20-14-5-9-18-11-13(14)15(19-20)12-3-7-17-8-4-12/h3-5,7-9,11H,1-2,6,10,16H2. The number of unbranched alkanes of at least 4 members (excludes halogenated alkanes) is 1. The van der Waals surface area contributed by atoms with E-state index in [2.05, 4.69) is 9.97 Å². The van der Waals surface area contributed by atoms with E-state index in [9.17, 15) is 0 Å². The largest absolute Gasteiger partial charge is 0.330 e. The monoisotopic (exact) mass is 267 g/mol. The number of nitrogens with zero attached hydrogens (tertiary/aromatic N) is 4. The predicted octanol–water partition coefficient (Wildman–Crippen LogP) is 2.23. The van der Waals surface area contributed by atoms with Gasteiger partial charge in [-0.3, -0.25) is 14.6 Å². The molecule has 3 aromatic heterocycles. The second-order valence-corrected chi connectivity index (χ2v) is 4.70. The van der Waals surface area contributed by atoms with Crippen molar-refractivity contribution in [1.29, 1.82) is 0 Å². The minimum Gasteiger partial charge on any atom is -0.330 e. The molecule has 0 atom stereocenters. The minimum absolute atomic E-state index is 0.720. The lowest BCUT2D eigenvalue weighted by Crippen LogP contribution is -2.04. The van der Waals surface area contributed by atoms with Crippen molar-refractivity contribution < 1.29 is 0 Å². The van der Waals surface area contributed by atoms with E-state index in [1.807, 2.05) is 29.1 Å². The van der Waals surface area contributed by atoms with E-state index < -0.39 is 0 Å². The van der Waals surface area contributed by atoms with Gasteiger partial charge in [-0.05, 0) is 37.6 Å². The zero-order valence-electron chi connectivity index (χ0n) is 11.2. The summed E-state index contributed by atoms with van der Waals surface area (Å²) >= 11 is 0. The van der Waals surface area contributed by atoms with Crippen molar-refractivity contribution in [2.45, 2.75) is 19.4 Å². The van der Waals surface area contributed by atoms with E-state index in [0.29, 0.717) is 0 Å². The number of pyridine rings is 2. The van der Waals surface area contributed by atoms with Gasteiger partial charge in [0.2, 0.25) is 0 Å². The van der Waals surface area contributed by atoms with Gasteiger partial charge in [0.25, 0.3) is 0 Å². The molecule has 0 aliphatic carbocycles. The van der Waals surface area contributed by atoms with Crippen LogP contribution < -0.4 is 5.73 Å². The second-order valence-electron chi connectivity index (χ2n) is 4.70. The molecule has 20 heavy (non-hydrogen) atoms. The Hall–Kier alpha value is -2.27. The van der Waals surface area contributed by atoms with Gasteiger partial charge >= 0.3 is 0 Å². The molecule has 5 heteroatoms. The molecule has 0 bridgehead atoms. The van der Waals surface area contributed by atoms with Crippen LogP contribution in [0.3, 0.4) is 0 Å².